The van der Waals surface area contributed by atoms with Gasteiger partial charge < -0.3 is 15.4 Å². The van der Waals surface area contributed by atoms with E-state index in [0.29, 0.717) is 11.3 Å². The van der Waals surface area contributed by atoms with E-state index in [0.717, 1.165) is 32.5 Å². The highest BCUT2D eigenvalue weighted by Gasteiger charge is 2.54. The molecule has 0 bridgehead atoms. The summed E-state index contributed by atoms with van der Waals surface area (Å²) in [5.74, 6) is 0.600. The summed E-state index contributed by atoms with van der Waals surface area (Å²) >= 11 is 0. The van der Waals surface area contributed by atoms with Crippen LogP contribution in [0.4, 0.5) is 4.79 Å². The Labute approximate surface area is 103 Å². The SMILES string of the molecule is CC(C)(C)OC(=O)N1CCCC2(CN)CC2C1. The zero-order chi connectivity index (χ0) is 12.7. The van der Waals surface area contributed by atoms with Crippen molar-refractivity contribution in [2.45, 2.75) is 45.6 Å². The number of nitrogens with two attached hydrogens (primary N) is 1. The maximum atomic E-state index is 12.0. The van der Waals surface area contributed by atoms with Crippen molar-refractivity contribution in [3.05, 3.63) is 0 Å². The molecule has 0 radical (unpaired) electrons. The van der Waals surface area contributed by atoms with Gasteiger partial charge in [0.25, 0.3) is 0 Å². The summed E-state index contributed by atoms with van der Waals surface area (Å²) in [6.45, 7) is 8.12. The molecule has 0 aromatic carbocycles. The van der Waals surface area contributed by atoms with Gasteiger partial charge in [0.2, 0.25) is 0 Å². The molecule has 2 fully saturated rings. The highest BCUT2D eigenvalue weighted by Crippen LogP contribution is 2.56. The van der Waals surface area contributed by atoms with Gasteiger partial charge in [0.1, 0.15) is 5.60 Å². The number of nitrogens with zero attached hydrogens (tertiary/aromatic N) is 1. The highest BCUT2D eigenvalue weighted by atomic mass is 16.6. The van der Waals surface area contributed by atoms with Crippen LogP contribution in [0.2, 0.25) is 0 Å². The van der Waals surface area contributed by atoms with Crippen LogP contribution < -0.4 is 5.73 Å². The molecule has 1 saturated heterocycles. The van der Waals surface area contributed by atoms with E-state index >= 15 is 0 Å². The summed E-state index contributed by atoms with van der Waals surface area (Å²) in [4.78, 5) is 13.9. The van der Waals surface area contributed by atoms with Gasteiger partial charge in [-0.15, -0.1) is 0 Å². The third-order valence-corrected chi connectivity index (χ3v) is 3.96. The van der Waals surface area contributed by atoms with Gasteiger partial charge in [0.05, 0.1) is 0 Å². The number of hydrogen-bond acceptors (Lipinski definition) is 3. The summed E-state index contributed by atoms with van der Waals surface area (Å²) in [5.41, 5.74) is 5.78. The average Bonchev–Trinajstić information content (AvgIpc) is 2.86. The Balaban J connectivity index is 1.93. The molecule has 0 aromatic heterocycles. The smallest absolute Gasteiger partial charge is 0.410 e. The van der Waals surface area contributed by atoms with Crippen LogP contribution in [0.1, 0.15) is 40.0 Å². The van der Waals surface area contributed by atoms with E-state index in [1.807, 2.05) is 25.7 Å². The molecule has 0 aromatic rings. The molecular weight excluding hydrogens is 216 g/mol. The zero-order valence-corrected chi connectivity index (χ0v) is 11.2. The summed E-state index contributed by atoms with van der Waals surface area (Å²) < 4.78 is 5.42. The average molecular weight is 240 g/mol. The first-order chi connectivity index (χ1) is 7.86. The van der Waals surface area contributed by atoms with Crippen molar-refractivity contribution in [2.24, 2.45) is 17.1 Å². The van der Waals surface area contributed by atoms with Crippen LogP contribution in [0.3, 0.4) is 0 Å². The maximum absolute atomic E-state index is 12.0. The molecule has 1 heterocycles. The molecule has 17 heavy (non-hydrogen) atoms. The summed E-state index contributed by atoms with van der Waals surface area (Å²) in [6, 6.07) is 0. The molecule has 4 heteroatoms. The summed E-state index contributed by atoms with van der Waals surface area (Å²) in [7, 11) is 0. The molecule has 2 atom stereocenters. The Hall–Kier alpha value is -0.770. The molecular formula is C13H24N2O2. The molecule has 2 unspecified atom stereocenters. The van der Waals surface area contributed by atoms with Crippen molar-refractivity contribution < 1.29 is 9.53 Å². The molecule has 2 aliphatic rings. The lowest BCUT2D eigenvalue weighted by atomic mass is 9.98. The lowest BCUT2D eigenvalue weighted by Gasteiger charge is -2.26. The lowest BCUT2D eigenvalue weighted by Crippen LogP contribution is -2.38. The number of amides is 1. The Bertz CT molecular complexity index is 311. The standard InChI is InChI=1S/C13H24N2O2/c1-12(2,3)17-11(16)15-6-4-5-13(9-14)7-10(13)8-15/h10H,4-9,14H2,1-3H3. The summed E-state index contributed by atoms with van der Waals surface area (Å²) in [6.07, 6.45) is 3.22. The van der Waals surface area contributed by atoms with E-state index in [4.69, 9.17) is 10.5 Å². The van der Waals surface area contributed by atoms with Gasteiger partial charge in [-0.25, -0.2) is 4.79 Å². The predicted octanol–water partition coefficient (Wildman–Crippen LogP) is 1.98. The first-order valence-electron chi connectivity index (χ1n) is 6.54. The fourth-order valence-corrected chi connectivity index (χ4v) is 2.82. The van der Waals surface area contributed by atoms with E-state index in [1.54, 1.807) is 0 Å². The van der Waals surface area contributed by atoms with Crippen LogP contribution in [0.15, 0.2) is 0 Å². The molecule has 1 aliphatic carbocycles. The number of likely N-dealkylation sites (tertiary alicyclic amines) is 1. The van der Waals surface area contributed by atoms with E-state index in [9.17, 15) is 4.79 Å². The largest absolute Gasteiger partial charge is 0.444 e. The normalized spacial score (nSPS) is 32.7. The molecule has 1 amide bonds. The monoisotopic (exact) mass is 240 g/mol. The second-order valence-electron chi connectivity index (χ2n) is 6.50. The highest BCUT2D eigenvalue weighted by molar-refractivity contribution is 5.68. The third kappa shape index (κ3) is 2.73. The van der Waals surface area contributed by atoms with Crippen LogP contribution in [0.25, 0.3) is 0 Å². The Morgan fingerprint density at radius 3 is 2.82 bits per heavy atom. The fraction of sp³-hybridized carbons (Fsp3) is 0.923. The van der Waals surface area contributed by atoms with Crippen molar-refractivity contribution >= 4 is 6.09 Å². The second kappa shape index (κ2) is 4.16. The molecule has 2 rings (SSSR count). The van der Waals surface area contributed by atoms with Gasteiger partial charge in [-0.3, -0.25) is 0 Å². The summed E-state index contributed by atoms with van der Waals surface area (Å²) in [5, 5.41) is 0. The molecule has 1 aliphatic heterocycles. The van der Waals surface area contributed by atoms with Crippen molar-refractivity contribution in [1.82, 2.24) is 4.90 Å². The second-order valence-corrected chi connectivity index (χ2v) is 6.50. The van der Waals surface area contributed by atoms with Crippen LogP contribution in [-0.2, 0) is 4.74 Å². The van der Waals surface area contributed by atoms with Crippen molar-refractivity contribution in [2.75, 3.05) is 19.6 Å². The Kier molecular flexibility index (Phi) is 3.10. The zero-order valence-electron chi connectivity index (χ0n) is 11.2. The van der Waals surface area contributed by atoms with E-state index in [-0.39, 0.29) is 6.09 Å². The minimum Gasteiger partial charge on any atom is -0.444 e. The fourth-order valence-electron chi connectivity index (χ4n) is 2.82. The number of ether oxygens (including phenoxy) is 1. The van der Waals surface area contributed by atoms with Gasteiger partial charge in [0, 0.05) is 13.1 Å². The van der Waals surface area contributed by atoms with Crippen LogP contribution in [0.5, 0.6) is 0 Å². The molecule has 0 spiro atoms. The number of hydrogen-bond donors (Lipinski definition) is 1. The van der Waals surface area contributed by atoms with Crippen molar-refractivity contribution in [3.63, 3.8) is 0 Å². The lowest BCUT2D eigenvalue weighted by molar-refractivity contribution is 0.0246. The molecule has 4 nitrogen and oxygen atoms in total. The number of carbonyl (C=O) groups is 1. The van der Waals surface area contributed by atoms with Crippen molar-refractivity contribution in [3.8, 4) is 0 Å². The van der Waals surface area contributed by atoms with E-state index in [2.05, 4.69) is 0 Å². The van der Waals surface area contributed by atoms with Crippen LogP contribution >= 0.6 is 0 Å². The van der Waals surface area contributed by atoms with Crippen LogP contribution in [-0.4, -0.2) is 36.2 Å². The quantitative estimate of drug-likeness (QED) is 0.762. The van der Waals surface area contributed by atoms with Gasteiger partial charge in [-0.2, -0.15) is 0 Å². The van der Waals surface area contributed by atoms with Gasteiger partial charge in [-0.1, -0.05) is 0 Å². The van der Waals surface area contributed by atoms with Gasteiger partial charge in [0.15, 0.2) is 0 Å². The topological polar surface area (TPSA) is 55.6 Å². The van der Waals surface area contributed by atoms with E-state index in [1.165, 1.54) is 6.42 Å². The molecule has 98 valence electrons. The Morgan fingerprint density at radius 2 is 2.24 bits per heavy atom. The first kappa shape index (κ1) is 12.7. The van der Waals surface area contributed by atoms with Crippen molar-refractivity contribution in [1.29, 1.82) is 0 Å². The van der Waals surface area contributed by atoms with Gasteiger partial charge >= 0.3 is 6.09 Å². The van der Waals surface area contributed by atoms with Crippen LogP contribution in [0, 0.1) is 11.3 Å². The predicted molar refractivity (Wildman–Crippen MR) is 66.6 cm³/mol. The minimum absolute atomic E-state index is 0.169. The number of carbonyl (C=O) groups excluding carboxylic acids is 1. The maximum Gasteiger partial charge on any atom is 0.410 e. The number of fused-ring (bicyclic) bond motifs is 1. The Morgan fingerprint density at radius 1 is 1.53 bits per heavy atom. The van der Waals surface area contributed by atoms with E-state index < -0.39 is 5.60 Å². The minimum atomic E-state index is -0.405. The molecule has 1 saturated carbocycles. The number of rotatable bonds is 1. The third-order valence-electron chi connectivity index (χ3n) is 3.96. The van der Waals surface area contributed by atoms with Gasteiger partial charge in [-0.05, 0) is 57.9 Å². The molecule has 2 N–H and O–H groups in total. The first-order valence-corrected chi connectivity index (χ1v) is 6.54.